The first-order chi connectivity index (χ1) is 14.7. The Morgan fingerprint density at radius 1 is 0.935 bits per heavy atom. The largest absolute Gasteiger partial charge is 0.434 e. The van der Waals surface area contributed by atoms with Crippen molar-refractivity contribution >= 4 is 27.3 Å². The molecule has 0 fully saturated rings. The number of carbonyl (C=O) groups is 1. The maximum atomic E-state index is 13.7. The number of hydrogen-bond donors (Lipinski definition) is 2. The van der Waals surface area contributed by atoms with Crippen LogP contribution in [0.4, 0.5) is 24.5 Å². The minimum atomic E-state index is -4.07. The molecule has 162 valence electrons. The molecule has 0 spiro atoms. The molecule has 6 nitrogen and oxygen atoms in total. The molecule has 2 N–H and O–H groups in total. The van der Waals surface area contributed by atoms with E-state index in [1.165, 1.54) is 67.6 Å². The predicted octanol–water partition coefficient (Wildman–Crippen LogP) is 4.79. The summed E-state index contributed by atoms with van der Waals surface area (Å²) < 4.78 is 70.1. The van der Waals surface area contributed by atoms with Crippen LogP contribution in [0, 0.1) is 12.7 Å². The number of ether oxygens (including phenoxy) is 1. The first-order valence-electron chi connectivity index (χ1n) is 8.90. The highest BCUT2D eigenvalue weighted by Crippen LogP contribution is 2.27. The lowest BCUT2D eigenvalue weighted by Crippen LogP contribution is -2.16. The van der Waals surface area contributed by atoms with Crippen molar-refractivity contribution < 1.29 is 31.1 Å². The first kappa shape index (κ1) is 22.2. The highest BCUT2D eigenvalue weighted by Gasteiger charge is 2.18. The van der Waals surface area contributed by atoms with Crippen molar-refractivity contribution in [3.63, 3.8) is 0 Å². The summed E-state index contributed by atoms with van der Waals surface area (Å²) in [5, 5.41) is 2.57. The summed E-state index contributed by atoms with van der Waals surface area (Å²) in [6.45, 7) is -1.49. The molecule has 0 atom stereocenters. The molecule has 0 aliphatic heterocycles. The molecule has 0 heterocycles. The van der Waals surface area contributed by atoms with Gasteiger partial charge in [0.15, 0.2) is 0 Å². The average molecular weight is 450 g/mol. The van der Waals surface area contributed by atoms with Gasteiger partial charge < -0.3 is 10.1 Å². The van der Waals surface area contributed by atoms with E-state index in [1.54, 1.807) is 0 Å². The predicted molar refractivity (Wildman–Crippen MR) is 109 cm³/mol. The minimum absolute atomic E-state index is 0.0755. The fourth-order valence-electron chi connectivity index (χ4n) is 2.70. The Bertz CT molecular complexity index is 1200. The van der Waals surface area contributed by atoms with Crippen LogP contribution in [0.2, 0.25) is 0 Å². The summed E-state index contributed by atoms with van der Waals surface area (Å²) in [6, 6.07) is 14.6. The number of para-hydroxylation sites is 1. The summed E-state index contributed by atoms with van der Waals surface area (Å²) in [5.74, 6) is -1.38. The van der Waals surface area contributed by atoms with Crippen LogP contribution in [0.15, 0.2) is 71.6 Å². The zero-order valence-corrected chi connectivity index (χ0v) is 16.9. The van der Waals surface area contributed by atoms with Crippen molar-refractivity contribution in [1.82, 2.24) is 0 Å². The van der Waals surface area contributed by atoms with Gasteiger partial charge in [0, 0.05) is 16.8 Å². The van der Waals surface area contributed by atoms with Crippen LogP contribution >= 0.6 is 0 Å². The standard InChI is InChI=1S/C21H17F3N2O4S/c1-13-17(7-4-8-19(13)30-21(23)24)25-20(27)14-9-11-15(12-10-14)31(28,29)26-18-6-3-2-5-16(18)22/h2-12,21,26H,1H3,(H,25,27). The molecule has 3 rings (SSSR count). The lowest BCUT2D eigenvalue weighted by Gasteiger charge is -2.13. The topological polar surface area (TPSA) is 84.5 Å². The number of nitrogens with one attached hydrogen (secondary N) is 2. The zero-order valence-electron chi connectivity index (χ0n) is 16.1. The second-order valence-corrected chi connectivity index (χ2v) is 8.05. The molecule has 10 heteroatoms. The third-order valence-electron chi connectivity index (χ3n) is 4.29. The fourth-order valence-corrected chi connectivity index (χ4v) is 3.77. The summed E-state index contributed by atoms with van der Waals surface area (Å²) in [5.41, 5.74) is 0.501. The molecule has 0 saturated carbocycles. The number of benzene rings is 3. The molecule has 0 aromatic heterocycles. The van der Waals surface area contributed by atoms with Crippen LogP contribution in [0.3, 0.4) is 0 Å². The van der Waals surface area contributed by atoms with E-state index >= 15 is 0 Å². The number of hydrogen-bond acceptors (Lipinski definition) is 4. The monoisotopic (exact) mass is 450 g/mol. The molecule has 0 aliphatic rings. The fraction of sp³-hybridized carbons (Fsp3) is 0.0952. The first-order valence-corrected chi connectivity index (χ1v) is 10.4. The third-order valence-corrected chi connectivity index (χ3v) is 5.67. The van der Waals surface area contributed by atoms with Gasteiger partial charge in [-0.25, -0.2) is 12.8 Å². The van der Waals surface area contributed by atoms with E-state index in [0.717, 1.165) is 6.07 Å². The Hall–Kier alpha value is -3.53. The summed E-state index contributed by atoms with van der Waals surface area (Å²) in [4.78, 5) is 12.3. The number of rotatable bonds is 7. The summed E-state index contributed by atoms with van der Waals surface area (Å²) in [6.07, 6.45) is 0. The normalized spacial score (nSPS) is 11.3. The molecule has 0 radical (unpaired) electrons. The van der Waals surface area contributed by atoms with Crippen LogP contribution in [0.25, 0.3) is 0 Å². The zero-order chi connectivity index (χ0) is 22.6. The van der Waals surface area contributed by atoms with E-state index in [4.69, 9.17) is 0 Å². The molecular formula is C21H17F3N2O4S. The van der Waals surface area contributed by atoms with E-state index in [2.05, 4.69) is 14.8 Å². The van der Waals surface area contributed by atoms with Gasteiger partial charge in [0.1, 0.15) is 11.6 Å². The molecule has 0 aliphatic carbocycles. The Labute approximate surface area is 176 Å². The number of halogens is 3. The molecule has 0 unspecified atom stereocenters. The van der Waals surface area contributed by atoms with Gasteiger partial charge >= 0.3 is 6.61 Å². The van der Waals surface area contributed by atoms with E-state index in [1.807, 2.05) is 0 Å². The quantitative estimate of drug-likeness (QED) is 0.542. The van der Waals surface area contributed by atoms with Gasteiger partial charge in [0.25, 0.3) is 15.9 Å². The molecule has 0 bridgehead atoms. The van der Waals surface area contributed by atoms with Gasteiger partial charge in [-0.15, -0.1) is 0 Å². The molecular weight excluding hydrogens is 433 g/mol. The van der Waals surface area contributed by atoms with Gasteiger partial charge in [-0.2, -0.15) is 8.78 Å². The lowest BCUT2D eigenvalue weighted by atomic mass is 10.1. The molecule has 0 saturated heterocycles. The van der Waals surface area contributed by atoms with Crippen molar-refractivity contribution in [3.05, 3.63) is 83.7 Å². The van der Waals surface area contributed by atoms with Gasteiger partial charge in [-0.3, -0.25) is 9.52 Å². The van der Waals surface area contributed by atoms with Crippen molar-refractivity contribution in [2.45, 2.75) is 18.4 Å². The number of carbonyl (C=O) groups excluding carboxylic acids is 1. The van der Waals surface area contributed by atoms with Crippen LogP contribution in [0.1, 0.15) is 15.9 Å². The molecule has 1 amide bonds. The smallest absolute Gasteiger partial charge is 0.387 e. The second kappa shape index (κ2) is 9.09. The van der Waals surface area contributed by atoms with E-state index in [9.17, 15) is 26.4 Å². The second-order valence-electron chi connectivity index (χ2n) is 6.37. The Morgan fingerprint density at radius 2 is 1.58 bits per heavy atom. The molecule has 3 aromatic carbocycles. The Kier molecular flexibility index (Phi) is 6.50. The van der Waals surface area contributed by atoms with Crippen LogP contribution in [-0.2, 0) is 10.0 Å². The average Bonchev–Trinajstić information content (AvgIpc) is 2.72. The Balaban J connectivity index is 1.76. The van der Waals surface area contributed by atoms with Crippen molar-refractivity contribution in [1.29, 1.82) is 0 Å². The number of anilines is 2. The Morgan fingerprint density at radius 3 is 2.23 bits per heavy atom. The van der Waals surface area contributed by atoms with Gasteiger partial charge in [0.2, 0.25) is 0 Å². The van der Waals surface area contributed by atoms with Gasteiger partial charge in [-0.05, 0) is 55.5 Å². The minimum Gasteiger partial charge on any atom is -0.434 e. The number of amides is 1. The van der Waals surface area contributed by atoms with Crippen molar-refractivity contribution in [2.24, 2.45) is 0 Å². The van der Waals surface area contributed by atoms with Crippen molar-refractivity contribution in [3.8, 4) is 5.75 Å². The van der Waals surface area contributed by atoms with Gasteiger partial charge in [-0.1, -0.05) is 18.2 Å². The van der Waals surface area contributed by atoms with Crippen LogP contribution in [-0.4, -0.2) is 20.9 Å². The van der Waals surface area contributed by atoms with Gasteiger partial charge in [0.05, 0.1) is 10.6 Å². The maximum absolute atomic E-state index is 13.7. The summed E-state index contributed by atoms with van der Waals surface area (Å²) >= 11 is 0. The highest BCUT2D eigenvalue weighted by atomic mass is 32.2. The lowest BCUT2D eigenvalue weighted by molar-refractivity contribution is -0.0502. The van der Waals surface area contributed by atoms with E-state index in [0.29, 0.717) is 5.56 Å². The number of sulfonamides is 1. The molecule has 3 aromatic rings. The van der Waals surface area contributed by atoms with Crippen LogP contribution in [0.5, 0.6) is 5.75 Å². The van der Waals surface area contributed by atoms with Crippen molar-refractivity contribution in [2.75, 3.05) is 10.0 Å². The van der Waals surface area contributed by atoms with E-state index < -0.39 is 28.4 Å². The highest BCUT2D eigenvalue weighted by molar-refractivity contribution is 7.92. The van der Waals surface area contributed by atoms with E-state index in [-0.39, 0.29) is 27.6 Å². The molecule has 31 heavy (non-hydrogen) atoms. The SMILES string of the molecule is Cc1c(NC(=O)c2ccc(S(=O)(=O)Nc3ccccc3F)cc2)cccc1OC(F)F. The maximum Gasteiger partial charge on any atom is 0.387 e. The van der Waals surface area contributed by atoms with Crippen LogP contribution < -0.4 is 14.8 Å². The third kappa shape index (κ3) is 5.34. The number of alkyl halides is 2. The summed E-state index contributed by atoms with van der Waals surface area (Å²) in [7, 11) is -4.07.